The van der Waals surface area contributed by atoms with Gasteiger partial charge in [0, 0.05) is 11.7 Å². The van der Waals surface area contributed by atoms with Crippen molar-refractivity contribution in [3.63, 3.8) is 0 Å². The van der Waals surface area contributed by atoms with Gasteiger partial charge >= 0.3 is 6.18 Å². The number of alkyl halides is 3. The van der Waals surface area contributed by atoms with Gasteiger partial charge in [0.1, 0.15) is 12.0 Å². The van der Waals surface area contributed by atoms with Gasteiger partial charge in [0.05, 0.1) is 5.56 Å². The quantitative estimate of drug-likeness (QED) is 0.780. The van der Waals surface area contributed by atoms with E-state index >= 15 is 0 Å². The predicted octanol–water partition coefficient (Wildman–Crippen LogP) is 4.18. The molecule has 1 heterocycles. The summed E-state index contributed by atoms with van der Waals surface area (Å²) in [4.78, 5) is 8.17. The number of nitrogens with one attached hydrogen (secondary N) is 2. The zero-order chi connectivity index (χ0) is 17.2. The summed E-state index contributed by atoms with van der Waals surface area (Å²) in [7, 11) is 0. The van der Waals surface area contributed by atoms with Crippen LogP contribution in [0.2, 0.25) is 0 Å². The first-order valence-corrected chi connectivity index (χ1v) is 7.75. The molecular formula is C16H18F3N5. The summed E-state index contributed by atoms with van der Waals surface area (Å²) in [6.07, 6.45) is 1.38. The van der Waals surface area contributed by atoms with E-state index in [9.17, 15) is 13.2 Å². The van der Waals surface area contributed by atoms with Crippen LogP contribution in [0.5, 0.6) is 0 Å². The van der Waals surface area contributed by atoms with Crippen LogP contribution in [0.4, 0.5) is 36.2 Å². The Morgan fingerprint density at radius 1 is 1.08 bits per heavy atom. The van der Waals surface area contributed by atoms with Crippen molar-refractivity contribution in [1.29, 1.82) is 0 Å². The minimum absolute atomic E-state index is 0.266. The first-order chi connectivity index (χ1) is 11.4. The van der Waals surface area contributed by atoms with Crippen LogP contribution in [-0.2, 0) is 6.18 Å². The molecule has 0 unspecified atom stereocenters. The van der Waals surface area contributed by atoms with E-state index < -0.39 is 11.7 Å². The Morgan fingerprint density at radius 2 is 1.79 bits per heavy atom. The highest BCUT2D eigenvalue weighted by atomic mass is 19.4. The summed E-state index contributed by atoms with van der Waals surface area (Å²) in [5.74, 6) is 0.788. The van der Waals surface area contributed by atoms with E-state index in [0.717, 1.165) is 37.8 Å². The Kier molecular flexibility index (Phi) is 4.46. The number of hydrogen-bond donors (Lipinski definition) is 3. The second-order valence-corrected chi connectivity index (χ2v) is 5.81. The van der Waals surface area contributed by atoms with E-state index in [4.69, 9.17) is 5.73 Å². The second kappa shape index (κ2) is 6.54. The Labute approximate surface area is 137 Å². The maximum absolute atomic E-state index is 12.8. The molecule has 8 heteroatoms. The first-order valence-electron chi connectivity index (χ1n) is 7.75. The number of anilines is 4. The molecule has 0 spiro atoms. The fraction of sp³-hybridized carbons (Fsp3) is 0.375. The lowest BCUT2D eigenvalue weighted by Gasteiger charge is -2.16. The van der Waals surface area contributed by atoms with E-state index in [-0.39, 0.29) is 11.5 Å². The van der Waals surface area contributed by atoms with Crippen molar-refractivity contribution in [2.45, 2.75) is 37.9 Å². The van der Waals surface area contributed by atoms with E-state index in [1.807, 2.05) is 0 Å². The number of nitrogens with zero attached hydrogens (tertiary/aromatic N) is 2. The minimum Gasteiger partial charge on any atom is -0.393 e. The Morgan fingerprint density at radius 3 is 2.50 bits per heavy atom. The molecule has 5 nitrogen and oxygen atoms in total. The lowest BCUT2D eigenvalue weighted by atomic mass is 10.2. The number of rotatable bonds is 4. The number of nitrogen functional groups attached to an aromatic ring is 1. The molecule has 1 saturated carbocycles. The molecule has 128 valence electrons. The van der Waals surface area contributed by atoms with Crippen molar-refractivity contribution in [2.75, 3.05) is 16.4 Å². The van der Waals surface area contributed by atoms with Gasteiger partial charge in [-0.05, 0) is 31.0 Å². The minimum atomic E-state index is -4.40. The standard InChI is InChI=1S/C16H18F3N5/c17-16(18,19)10-4-3-7-12(8-10)24-15-13(20)14(21-9-22-15)23-11-5-1-2-6-11/h3-4,7-9,11H,1-2,5-6,20H2,(H2,21,22,23,24). The van der Waals surface area contributed by atoms with Crippen molar-refractivity contribution in [3.05, 3.63) is 36.2 Å². The molecule has 0 bridgehead atoms. The van der Waals surface area contributed by atoms with Gasteiger partial charge in [0.2, 0.25) is 0 Å². The molecule has 0 aliphatic heterocycles. The monoisotopic (exact) mass is 337 g/mol. The van der Waals surface area contributed by atoms with E-state index in [0.29, 0.717) is 17.5 Å². The van der Waals surface area contributed by atoms with Gasteiger partial charge in [0.25, 0.3) is 0 Å². The Bertz CT molecular complexity index is 711. The lowest BCUT2D eigenvalue weighted by Crippen LogP contribution is -2.17. The van der Waals surface area contributed by atoms with Crippen LogP contribution >= 0.6 is 0 Å². The summed E-state index contributed by atoms with van der Waals surface area (Å²) in [5.41, 5.74) is 5.89. The van der Waals surface area contributed by atoms with Crippen molar-refractivity contribution >= 4 is 23.0 Å². The normalized spacial score (nSPS) is 15.5. The zero-order valence-corrected chi connectivity index (χ0v) is 12.9. The van der Waals surface area contributed by atoms with Crippen LogP contribution in [-0.4, -0.2) is 16.0 Å². The topological polar surface area (TPSA) is 75.9 Å². The van der Waals surface area contributed by atoms with E-state index in [1.54, 1.807) is 0 Å². The third-order valence-corrected chi connectivity index (χ3v) is 4.03. The van der Waals surface area contributed by atoms with Crippen molar-refractivity contribution in [1.82, 2.24) is 9.97 Å². The average molecular weight is 337 g/mol. The predicted molar refractivity (Wildman–Crippen MR) is 87.0 cm³/mol. The van der Waals surface area contributed by atoms with Gasteiger partial charge < -0.3 is 16.4 Å². The number of hydrogen-bond acceptors (Lipinski definition) is 5. The average Bonchev–Trinajstić information content (AvgIpc) is 3.04. The maximum Gasteiger partial charge on any atom is 0.416 e. The van der Waals surface area contributed by atoms with Gasteiger partial charge in [0.15, 0.2) is 11.6 Å². The number of benzene rings is 1. The molecule has 0 saturated heterocycles. The summed E-state index contributed by atoms with van der Waals surface area (Å²) >= 11 is 0. The highest BCUT2D eigenvalue weighted by Gasteiger charge is 2.30. The first kappa shape index (κ1) is 16.4. The number of aromatic nitrogens is 2. The van der Waals surface area contributed by atoms with Crippen molar-refractivity contribution in [2.24, 2.45) is 0 Å². The van der Waals surface area contributed by atoms with Crippen molar-refractivity contribution in [3.8, 4) is 0 Å². The highest BCUT2D eigenvalue weighted by molar-refractivity contribution is 5.77. The zero-order valence-electron chi connectivity index (χ0n) is 12.9. The van der Waals surface area contributed by atoms with Gasteiger partial charge in [-0.15, -0.1) is 0 Å². The molecule has 1 aromatic heterocycles. The van der Waals surface area contributed by atoms with Gasteiger partial charge in [-0.1, -0.05) is 18.9 Å². The molecule has 1 aliphatic rings. The molecule has 1 fully saturated rings. The summed E-state index contributed by atoms with van der Waals surface area (Å²) in [6.45, 7) is 0. The third-order valence-electron chi connectivity index (χ3n) is 4.03. The largest absolute Gasteiger partial charge is 0.416 e. The highest BCUT2D eigenvalue weighted by Crippen LogP contribution is 2.33. The molecule has 1 aromatic carbocycles. The molecule has 0 atom stereocenters. The SMILES string of the molecule is Nc1c(Nc2cccc(C(F)(F)F)c2)ncnc1NC1CCCC1. The second-order valence-electron chi connectivity index (χ2n) is 5.81. The van der Waals surface area contributed by atoms with E-state index in [2.05, 4.69) is 20.6 Å². The van der Waals surface area contributed by atoms with Gasteiger partial charge in [-0.3, -0.25) is 0 Å². The molecule has 1 aliphatic carbocycles. The molecule has 4 N–H and O–H groups in total. The van der Waals surface area contributed by atoms with Gasteiger partial charge in [-0.25, -0.2) is 9.97 Å². The molecule has 0 amide bonds. The number of halogens is 3. The van der Waals surface area contributed by atoms with Crippen LogP contribution in [0, 0.1) is 0 Å². The van der Waals surface area contributed by atoms with E-state index in [1.165, 1.54) is 18.5 Å². The fourth-order valence-electron chi connectivity index (χ4n) is 2.78. The third kappa shape index (κ3) is 3.69. The smallest absolute Gasteiger partial charge is 0.393 e. The summed E-state index contributed by atoms with van der Waals surface area (Å²) in [5, 5.41) is 6.11. The molecule has 0 radical (unpaired) electrons. The maximum atomic E-state index is 12.8. The molecule has 3 rings (SSSR count). The van der Waals surface area contributed by atoms with Gasteiger partial charge in [-0.2, -0.15) is 13.2 Å². The van der Waals surface area contributed by atoms with Crippen LogP contribution in [0.1, 0.15) is 31.2 Å². The summed E-state index contributed by atoms with van der Waals surface area (Å²) < 4.78 is 38.4. The van der Waals surface area contributed by atoms with Crippen LogP contribution in [0.3, 0.4) is 0 Å². The molecular weight excluding hydrogens is 319 g/mol. The van der Waals surface area contributed by atoms with Crippen molar-refractivity contribution < 1.29 is 13.2 Å². The van der Waals surface area contributed by atoms with Crippen LogP contribution < -0.4 is 16.4 Å². The molecule has 24 heavy (non-hydrogen) atoms. The Balaban J connectivity index is 1.80. The summed E-state index contributed by atoms with van der Waals surface area (Å²) in [6, 6.07) is 5.22. The fourth-order valence-corrected chi connectivity index (χ4v) is 2.78. The lowest BCUT2D eigenvalue weighted by molar-refractivity contribution is -0.137. The van der Waals surface area contributed by atoms with Crippen LogP contribution in [0.15, 0.2) is 30.6 Å². The molecule has 2 aromatic rings. The Hall–Kier alpha value is -2.51. The number of nitrogens with two attached hydrogens (primary N) is 1. The van der Waals surface area contributed by atoms with Crippen LogP contribution in [0.25, 0.3) is 0 Å².